The van der Waals surface area contributed by atoms with Crippen molar-refractivity contribution >= 4 is 27.5 Å². The van der Waals surface area contributed by atoms with Crippen LogP contribution in [0.2, 0.25) is 0 Å². The van der Waals surface area contributed by atoms with Gasteiger partial charge in [0.05, 0.1) is 5.71 Å². The van der Waals surface area contributed by atoms with Crippen LogP contribution in [0.4, 0.5) is 0 Å². The van der Waals surface area contributed by atoms with Crippen LogP contribution in [-0.4, -0.2) is 11.6 Å². The maximum atomic E-state index is 12.1. The Morgan fingerprint density at radius 1 is 1.00 bits per heavy atom. The number of hydrogen-bond acceptors (Lipinski definition) is 2. The lowest BCUT2D eigenvalue weighted by atomic mass is 9.90. The summed E-state index contributed by atoms with van der Waals surface area (Å²) < 4.78 is 0.947. The number of carbonyl (C=O) groups is 1. The minimum atomic E-state index is -0.199. The summed E-state index contributed by atoms with van der Waals surface area (Å²) in [6.45, 7) is 1.92. The van der Waals surface area contributed by atoms with Gasteiger partial charge in [-0.05, 0) is 79.6 Å². The summed E-state index contributed by atoms with van der Waals surface area (Å²) in [5.41, 5.74) is 7.99. The van der Waals surface area contributed by atoms with Crippen molar-refractivity contribution in [2.75, 3.05) is 0 Å². The van der Waals surface area contributed by atoms with Crippen LogP contribution >= 0.6 is 15.9 Å². The van der Waals surface area contributed by atoms with Gasteiger partial charge in [0.15, 0.2) is 0 Å². The molecule has 0 aromatic heterocycles. The lowest BCUT2D eigenvalue weighted by Crippen LogP contribution is -2.19. The predicted octanol–water partition coefficient (Wildman–Crippen LogP) is 4.48. The zero-order valence-corrected chi connectivity index (χ0v) is 14.7. The molecule has 23 heavy (non-hydrogen) atoms. The van der Waals surface area contributed by atoms with Crippen molar-refractivity contribution in [3.05, 3.63) is 69.2 Å². The molecule has 0 radical (unpaired) electrons. The Labute approximate surface area is 144 Å². The maximum Gasteiger partial charge on any atom is 0.271 e. The van der Waals surface area contributed by atoms with E-state index in [-0.39, 0.29) is 5.91 Å². The number of carbonyl (C=O) groups excluding carboxylic acids is 1. The average molecular weight is 371 g/mol. The van der Waals surface area contributed by atoms with Crippen LogP contribution in [0.15, 0.2) is 52.0 Å². The van der Waals surface area contributed by atoms with E-state index in [0.29, 0.717) is 5.56 Å². The molecule has 0 spiro atoms. The average Bonchev–Trinajstić information content (AvgIpc) is 2.59. The zero-order valence-electron chi connectivity index (χ0n) is 13.1. The van der Waals surface area contributed by atoms with Gasteiger partial charge in [0.2, 0.25) is 0 Å². The van der Waals surface area contributed by atoms with Crippen molar-refractivity contribution in [1.82, 2.24) is 5.43 Å². The molecule has 1 aliphatic carbocycles. The highest BCUT2D eigenvalue weighted by Crippen LogP contribution is 2.22. The Balaban J connectivity index is 1.72. The van der Waals surface area contributed by atoms with E-state index in [9.17, 15) is 4.79 Å². The van der Waals surface area contributed by atoms with Crippen LogP contribution in [0, 0.1) is 0 Å². The number of rotatable bonds is 3. The summed E-state index contributed by atoms with van der Waals surface area (Å²) in [6, 6.07) is 13.7. The molecule has 0 atom stereocenters. The smallest absolute Gasteiger partial charge is 0.267 e. The van der Waals surface area contributed by atoms with E-state index >= 15 is 0 Å². The normalized spacial score (nSPS) is 14.3. The maximum absolute atomic E-state index is 12.1. The summed E-state index contributed by atoms with van der Waals surface area (Å²) in [4.78, 5) is 12.1. The lowest BCUT2D eigenvalue weighted by molar-refractivity contribution is 0.0955. The van der Waals surface area contributed by atoms with Crippen LogP contribution in [0.25, 0.3) is 0 Å². The van der Waals surface area contributed by atoms with E-state index in [2.05, 4.69) is 44.7 Å². The second-order valence-corrected chi connectivity index (χ2v) is 6.75. The molecule has 0 aliphatic heterocycles. The third kappa shape index (κ3) is 3.88. The minimum Gasteiger partial charge on any atom is -0.267 e. The minimum absolute atomic E-state index is 0.199. The fraction of sp³-hybridized carbons (Fsp3) is 0.263. The van der Waals surface area contributed by atoms with E-state index in [4.69, 9.17) is 0 Å². The van der Waals surface area contributed by atoms with Gasteiger partial charge in [0.1, 0.15) is 0 Å². The number of hydrogen-bond donors (Lipinski definition) is 1. The first-order valence-corrected chi connectivity index (χ1v) is 8.65. The first-order chi connectivity index (χ1) is 11.1. The molecule has 3 nitrogen and oxygen atoms in total. The van der Waals surface area contributed by atoms with Crippen LogP contribution in [-0.2, 0) is 12.8 Å². The number of nitrogens with one attached hydrogen (secondary N) is 1. The molecule has 2 aromatic carbocycles. The number of benzene rings is 2. The molecule has 1 aliphatic rings. The quantitative estimate of drug-likeness (QED) is 0.627. The summed E-state index contributed by atoms with van der Waals surface area (Å²) in [5.74, 6) is -0.199. The molecule has 0 heterocycles. The highest BCUT2D eigenvalue weighted by atomic mass is 79.9. The second-order valence-electron chi connectivity index (χ2n) is 5.84. The molecule has 1 N–H and O–H groups in total. The van der Waals surface area contributed by atoms with E-state index in [0.717, 1.165) is 22.2 Å². The molecule has 0 saturated carbocycles. The molecule has 3 rings (SSSR count). The Morgan fingerprint density at radius 2 is 1.65 bits per heavy atom. The molecule has 118 valence electrons. The van der Waals surface area contributed by atoms with Crippen molar-refractivity contribution in [3.63, 3.8) is 0 Å². The number of fused-ring (bicyclic) bond motifs is 1. The van der Waals surface area contributed by atoms with Gasteiger partial charge in [-0.25, -0.2) is 5.43 Å². The molecular weight excluding hydrogens is 352 g/mol. The van der Waals surface area contributed by atoms with Gasteiger partial charge in [-0.15, -0.1) is 0 Å². The lowest BCUT2D eigenvalue weighted by Gasteiger charge is -2.16. The Bertz CT molecular complexity index is 750. The van der Waals surface area contributed by atoms with Crippen molar-refractivity contribution in [1.29, 1.82) is 0 Å². The third-order valence-electron chi connectivity index (χ3n) is 4.20. The number of halogens is 1. The SMILES string of the molecule is C/C(=N/NC(=O)c1ccc(Br)cc1)c1ccc2c(c1)CCCC2. The molecule has 0 saturated heterocycles. The highest BCUT2D eigenvalue weighted by molar-refractivity contribution is 9.10. The molecule has 0 bridgehead atoms. The van der Waals surface area contributed by atoms with Gasteiger partial charge >= 0.3 is 0 Å². The van der Waals surface area contributed by atoms with Gasteiger partial charge in [-0.1, -0.05) is 28.1 Å². The van der Waals surface area contributed by atoms with Crippen LogP contribution in [0.3, 0.4) is 0 Å². The summed E-state index contributed by atoms with van der Waals surface area (Å²) >= 11 is 3.36. The molecular formula is C19H19BrN2O. The molecule has 0 fully saturated rings. The molecule has 0 unspecified atom stereocenters. The number of amides is 1. The van der Waals surface area contributed by atoms with Crippen molar-refractivity contribution in [3.8, 4) is 0 Å². The topological polar surface area (TPSA) is 41.5 Å². The predicted molar refractivity (Wildman–Crippen MR) is 96.9 cm³/mol. The van der Waals surface area contributed by atoms with E-state index < -0.39 is 0 Å². The van der Waals surface area contributed by atoms with E-state index in [1.165, 1.54) is 30.4 Å². The summed E-state index contributed by atoms with van der Waals surface area (Å²) in [7, 11) is 0. The van der Waals surface area contributed by atoms with E-state index in [1.54, 1.807) is 12.1 Å². The molecule has 4 heteroatoms. The Kier molecular flexibility index (Phi) is 4.91. The third-order valence-corrected chi connectivity index (χ3v) is 4.73. The van der Waals surface area contributed by atoms with Crippen molar-refractivity contribution in [2.24, 2.45) is 5.10 Å². The highest BCUT2D eigenvalue weighted by Gasteiger charge is 2.11. The van der Waals surface area contributed by atoms with Crippen molar-refractivity contribution < 1.29 is 4.79 Å². The standard InChI is InChI=1S/C19H19BrN2O/c1-13(16-7-6-14-4-2-3-5-17(14)12-16)21-22-19(23)15-8-10-18(20)11-9-15/h6-12H,2-5H2,1H3,(H,22,23)/b21-13-. The number of nitrogens with zero attached hydrogens (tertiary/aromatic N) is 1. The largest absolute Gasteiger partial charge is 0.271 e. The van der Waals surface area contributed by atoms with E-state index in [1.807, 2.05) is 19.1 Å². The van der Waals surface area contributed by atoms with Crippen LogP contribution in [0.5, 0.6) is 0 Å². The first-order valence-electron chi connectivity index (χ1n) is 7.86. The Morgan fingerprint density at radius 3 is 2.39 bits per heavy atom. The van der Waals surface area contributed by atoms with Crippen molar-refractivity contribution in [2.45, 2.75) is 32.6 Å². The number of hydrazone groups is 1. The van der Waals surface area contributed by atoms with Gasteiger partial charge in [-0.2, -0.15) is 5.10 Å². The van der Waals surface area contributed by atoms with Crippen LogP contribution in [0.1, 0.15) is 46.8 Å². The first kappa shape index (κ1) is 15.9. The summed E-state index contributed by atoms with van der Waals surface area (Å²) in [5, 5.41) is 4.25. The number of aryl methyl sites for hydroxylation is 2. The zero-order chi connectivity index (χ0) is 16.2. The fourth-order valence-corrected chi connectivity index (χ4v) is 3.09. The summed E-state index contributed by atoms with van der Waals surface area (Å²) in [6.07, 6.45) is 4.85. The second kappa shape index (κ2) is 7.09. The molecule has 1 amide bonds. The van der Waals surface area contributed by atoms with Gasteiger partial charge in [0.25, 0.3) is 5.91 Å². The fourth-order valence-electron chi connectivity index (χ4n) is 2.82. The van der Waals surface area contributed by atoms with Gasteiger partial charge < -0.3 is 0 Å². The molecule has 2 aromatic rings. The van der Waals surface area contributed by atoms with Gasteiger partial charge in [0, 0.05) is 10.0 Å². The van der Waals surface area contributed by atoms with Crippen LogP contribution < -0.4 is 5.43 Å². The monoisotopic (exact) mass is 370 g/mol. The Hall–Kier alpha value is -1.94. The van der Waals surface area contributed by atoms with Gasteiger partial charge in [-0.3, -0.25) is 4.79 Å².